The average molecular weight is 417 g/mol. The predicted molar refractivity (Wildman–Crippen MR) is 108 cm³/mol. The van der Waals surface area contributed by atoms with Crippen molar-refractivity contribution in [3.05, 3.63) is 67.9 Å². The third-order valence-corrected chi connectivity index (χ3v) is 4.39. The highest BCUT2D eigenvalue weighted by Gasteiger charge is 2.25. The van der Waals surface area contributed by atoms with Gasteiger partial charge in [0, 0.05) is 17.2 Å². The van der Waals surface area contributed by atoms with Crippen molar-refractivity contribution >= 4 is 35.2 Å². The Balaban J connectivity index is 1.96. The standard InChI is InChI=1S/C20H17ClN2O6/c1-4-28-18-14(21)8-12(10-17(18)27-3)9-15-20(24)29-19(22-15)13-5-6-16(23(25)26)11(2)7-13/h5-10H,4H2,1-3H3/b15-9-. The summed E-state index contributed by atoms with van der Waals surface area (Å²) >= 11 is 6.25. The first-order valence-corrected chi connectivity index (χ1v) is 9.00. The van der Waals surface area contributed by atoms with Gasteiger partial charge in [0.2, 0.25) is 5.90 Å². The van der Waals surface area contributed by atoms with Crippen LogP contribution in [0.1, 0.15) is 23.6 Å². The van der Waals surface area contributed by atoms with E-state index in [4.69, 9.17) is 25.8 Å². The Kier molecular flexibility index (Phi) is 5.84. The third kappa shape index (κ3) is 4.22. The van der Waals surface area contributed by atoms with Gasteiger partial charge in [-0.2, -0.15) is 0 Å². The molecular weight excluding hydrogens is 400 g/mol. The van der Waals surface area contributed by atoms with Gasteiger partial charge in [-0.05, 0) is 49.8 Å². The quantitative estimate of drug-likeness (QED) is 0.301. The molecule has 1 aliphatic rings. The van der Waals surface area contributed by atoms with E-state index in [2.05, 4.69) is 4.99 Å². The van der Waals surface area contributed by atoms with Crippen molar-refractivity contribution in [2.24, 2.45) is 4.99 Å². The minimum Gasteiger partial charge on any atom is -0.493 e. The Bertz CT molecular complexity index is 1060. The molecule has 0 spiro atoms. The molecular formula is C20H17ClN2O6. The normalized spacial score (nSPS) is 14.6. The Labute approximate surface area is 171 Å². The average Bonchev–Trinajstić information content (AvgIpc) is 3.03. The molecule has 0 saturated heterocycles. The van der Waals surface area contributed by atoms with Gasteiger partial charge in [0.1, 0.15) is 0 Å². The van der Waals surface area contributed by atoms with Crippen LogP contribution in [0.15, 0.2) is 41.0 Å². The van der Waals surface area contributed by atoms with Gasteiger partial charge >= 0.3 is 5.97 Å². The van der Waals surface area contributed by atoms with Gasteiger partial charge in [-0.3, -0.25) is 10.1 Å². The number of benzene rings is 2. The number of carbonyl (C=O) groups is 1. The van der Waals surface area contributed by atoms with Gasteiger partial charge in [0.15, 0.2) is 17.2 Å². The molecule has 0 aliphatic carbocycles. The smallest absolute Gasteiger partial charge is 0.363 e. The van der Waals surface area contributed by atoms with Crippen LogP contribution in [-0.4, -0.2) is 30.5 Å². The van der Waals surface area contributed by atoms with Crippen LogP contribution in [0.4, 0.5) is 5.69 Å². The molecule has 150 valence electrons. The van der Waals surface area contributed by atoms with E-state index in [-0.39, 0.29) is 17.3 Å². The maximum Gasteiger partial charge on any atom is 0.363 e. The number of nitro benzene ring substituents is 1. The number of halogens is 1. The van der Waals surface area contributed by atoms with Gasteiger partial charge in [-0.15, -0.1) is 0 Å². The first-order chi connectivity index (χ1) is 13.8. The number of methoxy groups -OCH3 is 1. The Hall–Kier alpha value is -3.39. The predicted octanol–water partition coefficient (Wildman–Crippen LogP) is 4.31. The second-order valence-corrected chi connectivity index (χ2v) is 6.47. The minimum atomic E-state index is -0.639. The van der Waals surface area contributed by atoms with Crippen molar-refractivity contribution in [1.29, 1.82) is 0 Å². The van der Waals surface area contributed by atoms with Crippen LogP contribution in [-0.2, 0) is 9.53 Å². The lowest BCUT2D eigenvalue weighted by Gasteiger charge is -2.11. The van der Waals surface area contributed by atoms with E-state index >= 15 is 0 Å². The monoisotopic (exact) mass is 416 g/mol. The van der Waals surface area contributed by atoms with Crippen molar-refractivity contribution in [2.45, 2.75) is 13.8 Å². The second kappa shape index (κ2) is 8.32. The summed E-state index contributed by atoms with van der Waals surface area (Å²) in [6, 6.07) is 7.67. The molecule has 3 rings (SSSR count). The van der Waals surface area contributed by atoms with Crippen molar-refractivity contribution in [2.75, 3.05) is 13.7 Å². The number of cyclic esters (lactones) is 1. The first-order valence-electron chi connectivity index (χ1n) is 8.62. The summed E-state index contributed by atoms with van der Waals surface area (Å²) in [5.74, 6) is 0.273. The molecule has 0 saturated carbocycles. The van der Waals surface area contributed by atoms with Crippen LogP contribution in [0.3, 0.4) is 0 Å². The molecule has 0 unspecified atom stereocenters. The van der Waals surface area contributed by atoms with Gasteiger partial charge in [0.05, 0.1) is 23.7 Å². The van der Waals surface area contributed by atoms with E-state index in [9.17, 15) is 14.9 Å². The molecule has 0 aromatic heterocycles. The number of hydrogen-bond acceptors (Lipinski definition) is 7. The summed E-state index contributed by atoms with van der Waals surface area (Å²) in [4.78, 5) is 26.9. The number of aryl methyl sites for hydroxylation is 1. The highest BCUT2D eigenvalue weighted by Crippen LogP contribution is 2.37. The molecule has 2 aromatic rings. The molecule has 8 nitrogen and oxygen atoms in total. The van der Waals surface area contributed by atoms with Crippen LogP contribution in [0.25, 0.3) is 6.08 Å². The van der Waals surface area contributed by atoms with Crippen LogP contribution in [0, 0.1) is 17.0 Å². The number of hydrogen-bond donors (Lipinski definition) is 0. The van der Waals surface area contributed by atoms with Gasteiger partial charge < -0.3 is 14.2 Å². The van der Waals surface area contributed by atoms with E-state index in [1.807, 2.05) is 6.92 Å². The fourth-order valence-corrected chi connectivity index (χ4v) is 3.07. The lowest BCUT2D eigenvalue weighted by atomic mass is 10.1. The third-order valence-electron chi connectivity index (χ3n) is 4.10. The van der Waals surface area contributed by atoms with E-state index < -0.39 is 10.9 Å². The summed E-state index contributed by atoms with van der Waals surface area (Å²) < 4.78 is 16.0. The second-order valence-electron chi connectivity index (χ2n) is 6.06. The molecule has 0 amide bonds. The Morgan fingerprint density at radius 2 is 2.07 bits per heavy atom. The molecule has 0 bridgehead atoms. The molecule has 0 fully saturated rings. The number of carbonyl (C=O) groups excluding carboxylic acids is 1. The zero-order valence-electron chi connectivity index (χ0n) is 15.9. The number of ether oxygens (including phenoxy) is 3. The number of esters is 1. The van der Waals surface area contributed by atoms with Crippen LogP contribution < -0.4 is 9.47 Å². The molecule has 0 atom stereocenters. The Morgan fingerprint density at radius 1 is 1.31 bits per heavy atom. The highest BCUT2D eigenvalue weighted by atomic mass is 35.5. The molecule has 2 aromatic carbocycles. The lowest BCUT2D eigenvalue weighted by molar-refractivity contribution is -0.385. The SMILES string of the molecule is CCOc1c(Cl)cc(/C=C2\N=C(c3ccc([N+](=O)[O-])c(C)c3)OC2=O)cc1OC. The molecule has 1 aliphatic heterocycles. The van der Waals surface area contributed by atoms with Crippen LogP contribution >= 0.6 is 11.6 Å². The summed E-state index contributed by atoms with van der Waals surface area (Å²) in [5.41, 5.74) is 1.52. The maximum absolute atomic E-state index is 12.2. The zero-order chi connectivity index (χ0) is 21.1. The van der Waals surface area contributed by atoms with Crippen molar-refractivity contribution in [3.63, 3.8) is 0 Å². The summed E-state index contributed by atoms with van der Waals surface area (Å²) in [5, 5.41) is 11.3. The lowest BCUT2D eigenvalue weighted by Crippen LogP contribution is -2.06. The van der Waals surface area contributed by atoms with Crippen LogP contribution in [0.2, 0.25) is 5.02 Å². The Morgan fingerprint density at radius 3 is 2.69 bits per heavy atom. The molecule has 0 radical (unpaired) electrons. The first kappa shape index (κ1) is 20.3. The van der Waals surface area contributed by atoms with Crippen LogP contribution in [0.5, 0.6) is 11.5 Å². The van der Waals surface area contributed by atoms with Crippen molar-refractivity contribution in [1.82, 2.24) is 0 Å². The topological polar surface area (TPSA) is 100 Å². The largest absolute Gasteiger partial charge is 0.493 e. The number of nitro groups is 1. The number of rotatable bonds is 6. The van der Waals surface area contributed by atoms with E-state index in [0.29, 0.717) is 39.8 Å². The fourth-order valence-electron chi connectivity index (χ4n) is 2.79. The van der Waals surface area contributed by atoms with Gasteiger partial charge in [0.25, 0.3) is 5.69 Å². The highest BCUT2D eigenvalue weighted by molar-refractivity contribution is 6.32. The minimum absolute atomic E-state index is 0.0226. The van der Waals surface area contributed by atoms with Crippen molar-refractivity contribution < 1.29 is 23.9 Å². The molecule has 29 heavy (non-hydrogen) atoms. The summed E-state index contributed by atoms with van der Waals surface area (Å²) in [6.07, 6.45) is 1.51. The molecule has 0 N–H and O–H groups in total. The van der Waals surface area contributed by atoms with E-state index in [1.165, 1.54) is 25.3 Å². The molecule has 1 heterocycles. The zero-order valence-corrected chi connectivity index (χ0v) is 16.6. The van der Waals surface area contributed by atoms with Gasteiger partial charge in [-0.1, -0.05) is 11.6 Å². The van der Waals surface area contributed by atoms with E-state index in [0.717, 1.165) is 0 Å². The number of nitrogens with zero attached hydrogens (tertiary/aromatic N) is 2. The summed E-state index contributed by atoms with van der Waals surface area (Å²) in [6.45, 7) is 3.85. The maximum atomic E-state index is 12.2. The van der Waals surface area contributed by atoms with Crippen molar-refractivity contribution in [3.8, 4) is 11.5 Å². The van der Waals surface area contributed by atoms with Gasteiger partial charge in [-0.25, -0.2) is 9.79 Å². The van der Waals surface area contributed by atoms with E-state index in [1.54, 1.807) is 25.1 Å². The fraction of sp³-hybridized carbons (Fsp3) is 0.200. The summed E-state index contributed by atoms with van der Waals surface area (Å²) in [7, 11) is 1.49. The molecule has 9 heteroatoms. The number of aliphatic imine (C=N–C) groups is 1.